The van der Waals surface area contributed by atoms with Gasteiger partial charge in [-0.25, -0.2) is 4.98 Å². The summed E-state index contributed by atoms with van der Waals surface area (Å²) in [6.45, 7) is 3.73. The molecular weight excluding hydrogens is 270 g/mol. The van der Waals surface area contributed by atoms with Crippen molar-refractivity contribution in [2.75, 3.05) is 25.5 Å². The minimum Gasteiger partial charge on any atom is -0.323 e. The predicted molar refractivity (Wildman–Crippen MR) is 82.4 cm³/mol. The van der Waals surface area contributed by atoms with Gasteiger partial charge in [0.05, 0.1) is 17.1 Å². The molecule has 3 saturated heterocycles. The highest BCUT2D eigenvalue weighted by Crippen LogP contribution is 2.38. The number of aromatic nitrogens is 2. The lowest BCUT2D eigenvalue weighted by Crippen LogP contribution is -2.48. The Bertz CT molecular complexity index is 613. The first-order valence-electron chi connectivity index (χ1n) is 7.61. The van der Waals surface area contributed by atoms with Crippen LogP contribution >= 0.6 is 11.6 Å². The number of nitrogens with zero attached hydrogens (tertiary/aromatic N) is 3. The number of hydrogen-bond acceptors (Lipinski definition) is 2. The molecule has 1 unspecified atom stereocenters. The van der Waals surface area contributed by atoms with Gasteiger partial charge in [-0.3, -0.25) is 0 Å². The topological polar surface area (TPSA) is 21.1 Å². The predicted octanol–water partition coefficient (Wildman–Crippen LogP) is 3.08. The number of alkyl halides is 1. The number of para-hydroxylation sites is 2. The van der Waals surface area contributed by atoms with Gasteiger partial charge in [0, 0.05) is 18.8 Å². The van der Waals surface area contributed by atoms with Gasteiger partial charge in [-0.2, -0.15) is 0 Å². The summed E-state index contributed by atoms with van der Waals surface area (Å²) in [7, 11) is 0. The number of rotatable bonds is 3. The van der Waals surface area contributed by atoms with Crippen LogP contribution in [0.3, 0.4) is 0 Å². The number of piperidine rings is 3. The van der Waals surface area contributed by atoms with Crippen molar-refractivity contribution in [2.45, 2.75) is 25.3 Å². The molecule has 0 N–H and O–H groups in total. The Labute approximate surface area is 124 Å². The summed E-state index contributed by atoms with van der Waals surface area (Å²) in [5.41, 5.74) is 2.40. The van der Waals surface area contributed by atoms with Crippen molar-refractivity contribution in [1.29, 1.82) is 0 Å². The van der Waals surface area contributed by atoms with E-state index in [9.17, 15) is 0 Å². The Balaban J connectivity index is 1.82. The van der Waals surface area contributed by atoms with Gasteiger partial charge in [0.15, 0.2) is 0 Å². The van der Waals surface area contributed by atoms with Crippen molar-refractivity contribution >= 4 is 22.6 Å². The molecule has 20 heavy (non-hydrogen) atoms. The van der Waals surface area contributed by atoms with Gasteiger partial charge < -0.3 is 9.47 Å². The lowest BCUT2D eigenvalue weighted by molar-refractivity contribution is 0.0576. The molecule has 2 aromatic rings. The van der Waals surface area contributed by atoms with Gasteiger partial charge >= 0.3 is 0 Å². The molecule has 0 aliphatic carbocycles. The molecule has 4 heteroatoms. The fourth-order valence-corrected chi connectivity index (χ4v) is 4.12. The monoisotopic (exact) mass is 289 g/mol. The number of aryl methyl sites for hydroxylation is 1. The molecule has 3 aliphatic rings. The molecule has 4 heterocycles. The van der Waals surface area contributed by atoms with Crippen LogP contribution in [0.25, 0.3) is 11.0 Å². The first kappa shape index (κ1) is 12.7. The minimum atomic E-state index is 0.586. The fourth-order valence-electron chi connectivity index (χ4n) is 3.95. The normalized spacial score (nSPS) is 29.1. The van der Waals surface area contributed by atoms with E-state index in [1.807, 2.05) is 0 Å². The summed E-state index contributed by atoms with van der Waals surface area (Å²) in [6, 6.07) is 9.10. The van der Waals surface area contributed by atoms with Crippen molar-refractivity contribution < 1.29 is 0 Å². The molecule has 3 nitrogen and oxygen atoms in total. The van der Waals surface area contributed by atoms with Gasteiger partial charge in [-0.1, -0.05) is 12.1 Å². The van der Waals surface area contributed by atoms with Crippen LogP contribution in [0.5, 0.6) is 0 Å². The highest BCUT2D eigenvalue weighted by atomic mass is 35.5. The summed E-state index contributed by atoms with van der Waals surface area (Å²) in [5.74, 6) is 2.62. The van der Waals surface area contributed by atoms with Crippen LogP contribution in [0.1, 0.15) is 24.7 Å². The van der Waals surface area contributed by atoms with E-state index in [1.54, 1.807) is 0 Å². The van der Waals surface area contributed by atoms with Crippen molar-refractivity contribution in [3.8, 4) is 0 Å². The second kappa shape index (κ2) is 5.05. The molecule has 0 spiro atoms. The van der Waals surface area contributed by atoms with Crippen LogP contribution in [0, 0.1) is 5.92 Å². The molecular formula is C16H20ClN3. The summed E-state index contributed by atoms with van der Waals surface area (Å²) >= 11 is 5.99. The third-order valence-electron chi connectivity index (χ3n) is 4.94. The Morgan fingerprint density at radius 2 is 2.00 bits per heavy atom. The fraction of sp³-hybridized carbons (Fsp3) is 0.562. The molecule has 106 valence electrons. The van der Waals surface area contributed by atoms with E-state index >= 15 is 0 Å². The van der Waals surface area contributed by atoms with Crippen LogP contribution in [0.4, 0.5) is 0 Å². The van der Waals surface area contributed by atoms with Crippen LogP contribution < -0.4 is 0 Å². The van der Waals surface area contributed by atoms with Crippen molar-refractivity contribution in [3.63, 3.8) is 0 Å². The lowest BCUT2D eigenvalue weighted by atomic mass is 9.83. The van der Waals surface area contributed by atoms with Gasteiger partial charge in [0.2, 0.25) is 0 Å². The number of imidazole rings is 1. The molecule has 5 rings (SSSR count). The molecule has 3 fully saturated rings. The van der Waals surface area contributed by atoms with Crippen LogP contribution in [0.15, 0.2) is 24.3 Å². The van der Waals surface area contributed by atoms with Gasteiger partial charge in [-0.15, -0.1) is 11.6 Å². The SMILES string of the molecule is ClCCc1nc2ccccc2n1C1CN2CCC1CC2. The summed E-state index contributed by atoms with van der Waals surface area (Å²) in [5, 5.41) is 0. The number of benzene rings is 1. The largest absolute Gasteiger partial charge is 0.323 e. The second-order valence-corrected chi connectivity index (χ2v) is 6.41. The highest BCUT2D eigenvalue weighted by Gasteiger charge is 2.36. The molecule has 0 amide bonds. The Hall–Kier alpha value is -1.06. The first-order chi connectivity index (χ1) is 9.86. The van der Waals surface area contributed by atoms with E-state index in [1.165, 1.54) is 43.8 Å². The van der Waals surface area contributed by atoms with E-state index < -0.39 is 0 Å². The van der Waals surface area contributed by atoms with E-state index in [0.29, 0.717) is 11.9 Å². The molecule has 1 aromatic heterocycles. The molecule has 2 bridgehead atoms. The summed E-state index contributed by atoms with van der Waals surface area (Å²) < 4.78 is 2.49. The zero-order valence-corrected chi connectivity index (χ0v) is 12.4. The third-order valence-corrected chi connectivity index (χ3v) is 5.13. The van der Waals surface area contributed by atoms with Crippen LogP contribution in [0.2, 0.25) is 0 Å². The Morgan fingerprint density at radius 1 is 1.20 bits per heavy atom. The van der Waals surface area contributed by atoms with Crippen molar-refractivity contribution in [1.82, 2.24) is 14.5 Å². The van der Waals surface area contributed by atoms with Gasteiger partial charge in [0.1, 0.15) is 5.82 Å². The highest BCUT2D eigenvalue weighted by molar-refractivity contribution is 6.17. The van der Waals surface area contributed by atoms with E-state index in [0.717, 1.165) is 17.9 Å². The number of hydrogen-bond donors (Lipinski definition) is 0. The van der Waals surface area contributed by atoms with Gasteiger partial charge in [0.25, 0.3) is 0 Å². The summed E-state index contributed by atoms with van der Waals surface area (Å²) in [4.78, 5) is 7.42. The Morgan fingerprint density at radius 3 is 2.70 bits per heavy atom. The molecule has 0 radical (unpaired) electrons. The number of fused-ring (bicyclic) bond motifs is 4. The molecule has 3 aliphatic heterocycles. The average Bonchev–Trinajstić information content (AvgIpc) is 2.86. The van der Waals surface area contributed by atoms with Crippen molar-refractivity contribution in [2.24, 2.45) is 5.92 Å². The zero-order chi connectivity index (χ0) is 13.5. The standard InChI is InChI=1S/C16H20ClN3/c17-8-5-16-18-13-3-1-2-4-14(13)20(16)15-11-19-9-6-12(15)7-10-19/h1-4,12,15H,5-11H2. The third kappa shape index (κ3) is 1.95. The molecule has 1 aromatic carbocycles. The molecule has 0 saturated carbocycles. The maximum absolute atomic E-state index is 5.99. The van der Waals surface area contributed by atoms with Crippen molar-refractivity contribution in [3.05, 3.63) is 30.1 Å². The second-order valence-electron chi connectivity index (χ2n) is 6.03. The average molecular weight is 290 g/mol. The van der Waals surface area contributed by atoms with Gasteiger partial charge in [-0.05, 0) is 44.0 Å². The van der Waals surface area contributed by atoms with Crippen LogP contribution in [-0.4, -0.2) is 40.0 Å². The maximum atomic E-state index is 5.99. The van der Waals surface area contributed by atoms with Crippen LogP contribution in [-0.2, 0) is 6.42 Å². The number of halogens is 1. The van der Waals surface area contributed by atoms with E-state index in [4.69, 9.17) is 16.6 Å². The Kier molecular flexibility index (Phi) is 3.20. The minimum absolute atomic E-state index is 0.586. The smallest absolute Gasteiger partial charge is 0.111 e. The first-order valence-corrected chi connectivity index (χ1v) is 8.14. The molecule has 1 atom stereocenters. The lowest BCUT2D eigenvalue weighted by Gasteiger charge is -2.45. The summed E-state index contributed by atoms with van der Waals surface area (Å²) in [6.07, 6.45) is 3.52. The van der Waals surface area contributed by atoms with E-state index in [-0.39, 0.29) is 0 Å². The maximum Gasteiger partial charge on any atom is 0.111 e. The van der Waals surface area contributed by atoms with E-state index in [2.05, 4.69) is 33.7 Å². The zero-order valence-electron chi connectivity index (χ0n) is 11.6. The quantitative estimate of drug-likeness (QED) is 0.810.